The lowest BCUT2D eigenvalue weighted by atomic mass is 10.00. The molecular weight excluding hydrogens is 276 g/mol. The van der Waals surface area contributed by atoms with Gasteiger partial charge in [0.15, 0.2) is 6.79 Å². The first-order chi connectivity index (χ1) is 9.82. The lowest BCUT2D eigenvalue weighted by Gasteiger charge is -2.32. The van der Waals surface area contributed by atoms with Crippen molar-refractivity contribution in [1.82, 2.24) is 0 Å². The molecule has 0 saturated heterocycles. The average Bonchev–Trinajstić information content (AvgIpc) is 2.32. The van der Waals surface area contributed by atoms with E-state index in [2.05, 4.69) is 0 Å². The summed E-state index contributed by atoms with van der Waals surface area (Å²) in [6, 6.07) is 3.22. The molecule has 1 heterocycles. The highest BCUT2D eigenvalue weighted by molar-refractivity contribution is 5.97. The van der Waals surface area contributed by atoms with Crippen molar-refractivity contribution in [3.63, 3.8) is 0 Å². The second-order valence-corrected chi connectivity index (χ2v) is 5.28. The van der Waals surface area contributed by atoms with E-state index in [1.54, 1.807) is 26.0 Å². The Kier molecular flexibility index (Phi) is 4.18. The van der Waals surface area contributed by atoms with E-state index >= 15 is 0 Å². The molecular formula is C15H18O6. The van der Waals surface area contributed by atoms with E-state index < -0.39 is 11.8 Å². The van der Waals surface area contributed by atoms with Crippen LogP contribution in [-0.4, -0.2) is 31.4 Å². The maximum absolute atomic E-state index is 12.1. The van der Waals surface area contributed by atoms with Gasteiger partial charge in [0.2, 0.25) is 5.79 Å². The predicted octanol–water partition coefficient (Wildman–Crippen LogP) is 2.09. The third kappa shape index (κ3) is 3.52. The lowest BCUT2D eigenvalue weighted by molar-refractivity contribution is -0.127. The Balaban J connectivity index is 2.48. The van der Waals surface area contributed by atoms with Gasteiger partial charge in [0.1, 0.15) is 22.8 Å². The number of hydrogen-bond donors (Lipinski definition) is 0. The number of hydrogen-bond acceptors (Lipinski definition) is 6. The first-order valence-corrected chi connectivity index (χ1v) is 6.53. The molecule has 0 unspecified atom stereocenters. The summed E-state index contributed by atoms with van der Waals surface area (Å²) in [5.74, 6) is -0.815. The fraction of sp³-hybridized carbons (Fsp3) is 0.467. The number of carbonyl (C=O) groups is 2. The van der Waals surface area contributed by atoms with Crippen molar-refractivity contribution < 1.29 is 28.5 Å². The molecule has 0 saturated carbocycles. The van der Waals surface area contributed by atoms with E-state index in [0.29, 0.717) is 17.1 Å². The standard InChI is InChI=1S/C15H18O6/c1-9(16)5-10-6-11(19-8-18-4)7-12-13(10)14(17)21-15(2,3)20-12/h6-7H,5,8H2,1-4H3. The van der Waals surface area contributed by atoms with Crippen molar-refractivity contribution >= 4 is 11.8 Å². The zero-order valence-corrected chi connectivity index (χ0v) is 12.5. The van der Waals surface area contributed by atoms with Gasteiger partial charge in [-0.05, 0) is 18.6 Å². The van der Waals surface area contributed by atoms with E-state index in [4.69, 9.17) is 18.9 Å². The van der Waals surface area contributed by atoms with Crippen LogP contribution in [0.5, 0.6) is 11.5 Å². The Morgan fingerprint density at radius 3 is 2.62 bits per heavy atom. The molecule has 0 aromatic heterocycles. The van der Waals surface area contributed by atoms with Gasteiger partial charge >= 0.3 is 5.97 Å². The molecule has 0 N–H and O–H groups in total. The summed E-state index contributed by atoms with van der Waals surface area (Å²) in [4.78, 5) is 23.5. The summed E-state index contributed by atoms with van der Waals surface area (Å²) in [7, 11) is 1.51. The molecule has 0 atom stereocenters. The number of carbonyl (C=O) groups excluding carboxylic acids is 2. The first-order valence-electron chi connectivity index (χ1n) is 6.53. The molecule has 1 aromatic carbocycles. The van der Waals surface area contributed by atoms with Gasteiger partial charge in [-0.25, -0.2) is 4.79 Å². The number of fused-ring (bicyclic) bond motifs is 1. The third-order valence-corrected chi connectivity index (χ3v) is 2.84. The molecule has 0 aliphatic carbocycles. The number of ether oxygens (including phenoxy) is 4. The van der Waals surface area contributed by atoms with Gasteiger partial charge in [0.25, 0.3) is 0 Å². The maximum atomic E-state index is 12.1. The molecule has 1 aliphatic rings. The van der Waals surface area contributed by atoms with Crippen molar-refractivity contribution in [2.75, 3.05) is 13.9 Å². The van der Waals surface area contributed by atoms with Gasteiger partial charge in [0.05, 0.1) is 0 Å². The Hall–Kier alpha value is -2.08. The van der Waals surface area contributed by atoms with E-state index in [-0.39, 0.29) is 24.6 Å². The SMILES string of the molecule is COCOc1cc(CC(C)=O)c2c(c1)OC(C)(C)OC2=O. The minimum Gasteiger partial charge on any atom is -0.467 e. The largest absolute Gasteiger partial charge is 0.467 e. The smallest absolute Gasteiger partial charge is 0.345 e. The van der Waals surface area contributed by atoms with E-state index in [0.717, 1.165) is 0 Å². The topological polar surface area (TPSA) is 71.1 Å². The van der Waals surface area contributed by atoms with Crippen molar-refractivity contribution in [2.24, 2.45) is 0 Å². The Morgan fingerprint density at radius 2 is 2.00 bits per heavy atom. The summed E-state index contributed by atoms with van der Waals surface area (Å²) in [6.07, 6.45) is 0.103. The number of methoxy groups -OCH3 is 1. The number of Topliss-reactive ketones (excluding diaryl/α,β-unsaturated/α-hetero) is 1. The van der Waals surface area contributed by atoms with Crippen LogP contribution < -0.4 is 9.47 Å². The molecule has 6 heteroatoms. The fourth-order valence-corrected chi connectivity index (χ4v) is 2.14. The van der Waals surface area contributed by atoms with Gasteiger partial charge in [-0.15, -0.1) is 0 Å². The molecule has 21 heavy (non-hydrogen) atoms. The Labute approximate surface area is 122 Å². The lowest BCUT2D eigenvalue weighted by Crippen LogP contribution is -2.39. The van der Waals surface area contributed by atoms with Crippen LogP contribution in [0.3, 0.4) is 0 Å². The second-order valence-electron chi connectivity index (χ2n) is 5.28. The van der Waals surface area contributed by atoms with Gasteiger partial charge in [0, 0.05) is 33.4 Å². The molecule has 0 amide bonds. The molecule has 0 bridgehead atoms. The first kappa shape index (κ1) is 15.3. The number of rotatable bonds is 5. The number of benzene rings is 1. The van der Waals surface area contributed by atoms with Crippen LogP contribution >= 0.6 is 0 Å². The number of cyclic esters (lactones) is 1. The van der Waals surface area contributed by atoms with Crippen LogP contribution in [0.4, 0.5) is 0 Å². The highest BCUT2D eigenvalue weighted by Crippen LogP contribution is 2.37. The van der Waals surface area contributed by atoms with Crippen LogP contribution in [0, 0.1) is 0 Å². The van der Waals surface area contributed by atoms with Crippen LogP contribution in [0.1, 0.15) is 36.7 Å². The van der Waals surface area contributed by atoms with E-state index in [1.165, 1.54) is 14.0 Å². The number of ketones is 1. The predicted molar refractivity (Wildman–Crippen MR) is 73.5 cm³/mol. The Morgan fingerprint density at radius 1 is 1.29 bits per heavy atom. The van der Waals surface area contributed by atoms with Crippen LogP contribution in [0.25, 0.3) is 0 Å². The molecule has 0 spiro atoms. The molecule has 114 valence electrons. The maximum Gasteiger partial charge on any atom is 0.345 e. The summed E-state index contributed by atoms with van der Waals surface area (Å²) < 4.78 is 21.1. The molecule has 6 nitrogen and oxygen atoms in total. The molecule has 0 radical (unpaired) electrons. The third-order valence-electron chi connectivity index (χ3n) is 2.84. The molecule has 1 aromatic rings. The van der Waals surface area contributed by atoms with Gasteiger partial charge < -0.3 is 18.9 Å². The van der Waals surface area contributed by atoms with Crippen molar-refractivity contribution in [3.8, 4) is 11.5 Å². The normalized spacial score (nSPS) is 15.7. The van der Waals surface area contributed by atoms with E-state index in [1.807, 2.05) is 0 Å². The monoisotopic (exact) mass is 294 g/mol. The average molecular weight is 294 g/mol. The molecule has 2 rings (SSSR count). The van der Waals surface area contributed by atoms with Crippen molar-refractivity contribution in [2.45, 2.75) is 33.0 Å². The minimum atomic E-state index is -1.06. The van der Waals surface area contributed by atoms with Crippen molar-refractivity contribution in [3.05, 3.63) is 23.3 Å². The number of esters is 1. The minimum absolute atomic E-state index is 0.0616. The molecule has 1 aliphatic heterocycles. The van der Waals surface area contributed by atoms with Crippen LogP contribution in [0.2, 0.25) is 0 Å². The highest BCUT2D eigenvalue weighted by Gasteiger charge is 2.36. The highest BCUT2D eigenvalue weighted by atomic mass is 16.7. The van der Waals surface area contributed by atoms with Crippen LogP contribution in [-0.2, 0) is 20.7 Å². The fourth-order valence-electron chi connectivity index (χ4n) is 2.14. The summed E-state index contributed by atoms with van der Waals surface area (Å²) >= 11 is 0. The summed E-state index contributed by atoms with van der Waals surface area (Å²) in [6.45, 7) is 4.79. The van der Waals surface area contributed by atoms with Crippen molar-refractivity contribution in [1.29, 1.82) is 0 Å². The quantitative estimate of drug-likeness (QED) is 0.611. The zero-order valence-electron chi connectivity index (χ0n) is 12.5. The Bertz CT molecular complexity index is 576. The van der Waals surface area contributed by atoms with Gasteiger partial charge in [-0.2, -0.15) is 0 Å². The van der Waals surface area contributed by atoms with Gasteiger partial charge in [-0.1, -0.05) is 0 Å². The van der Waals surface area contributed by atoms with Gasteiger partial charge in [-0.3, -0.25) is 4.79 Å². The van der Waals surface area contributed by atoms with Crippen LogP contribution in [0.15, 0.2) is 12.1 Å². The summed E-state index contributed by atoms with van der Waals surface area (Å²) in [5, 5.41) is 0. The van der Waals surface area contributed by atoms with E-state index in [9.17, 15) is 9.59 Å². The zero-order chi connectivity index (χ0) is 15.6. The summed E-state index contributed by atoms with van der Waals surface area (Å²) in [5.41, 5.74) is 0.792. The molecule has 0 fully saturated rings. The second kappa shape index (κ2) is 5.73.